The number of benzene rings is 1. The number of nitrogens with one attached hydrogen (secondary N) is 1. The molecule has 4 nitrogen and oxygen atoms in total. The van der Waals surface area contributed by atoms with Crippen LogP contribution in [0, 0.1) is 13.8 Å². The summed E-state index contributed by atoms with van der Waals surface area (Å²) in [7, 11) is 3.33. The molecule has 1 aromatic carbocycles. The summed E-state index contributed by atoms with van der Waals surface area (Å²) in [5.41, 5.74) is 3.25. The van der Waals surface area contributed by atoms with Crippen LogP contribution in [0.5, 0.6) is 11.5 Å². The van der Waals surface area contributed by atoms with Gasteiger partial charge < -0.3 is 19.5 Å². The lowest BCUT2D eigenvalue weighted by Crippen LogP contribution is -2.34. The van der Waals surface area contributed by atoms with E-state index in [1.165, 1.54) is 0 Å². The molecule has 0 radical (unpaired) electrons. The molecule has 19 heavy (non-hydrogen) atoms. The topological polar surface area (TPSA) is 39.7 Å². The minimum absolute atomic E-state index is 0.00509. The molecule has 0 spiro atoms. The first-order valence-corrected chi connectivity index (χ1v) is 7.14. The zero-order valence-electron chi connectivity index (χ0n) is 11.8. The van der Waals surface area contributed by atoms with Gasteiger partial charge in [0.1, 0.15) is 0 Å². The minimum atomic E-state index is -0.00509. The molecule has 0 bridgehead atoms. The normalized spacial score (nSPS) is 19.3. The first-order chi connectivity index (χ1) is 9.11. The lowest BCUT2D eigenvalue weighted by Gasteiger charge is -2.28. The van der Waals surface area contributed by atoms with Gasteiger partial charge in [-0.3, -0.25) is 0 Å². The Morgan fingerprint density at radius 2 is 1.84 bits per heavy atom. The summed E-state index contributed by atoms with van der Waals surface area (Å²) in [4.78, 5) is 0. The summed E-state index contributed by atoms with van der Waals surface area (Å²) in [6, 6.07) is 0. The Morgan fingerprint density at radius 1 is 1.16 bits per heavy atom. The number of ether oxygens (including phenoxy) is 3. The molecule has 1 atom stereocenters. The van der Waals surface area contributed by atoms with E-state index in [-0.39, 0.29) is 6.10 Å². The number of halogens is 1. The van der Waals surface area contributed by atoms with Crippen molar-refractivity contribution in [3.05, 3.63) is 21.2 Å². The summed E-state index contributed by atoms with van der Waals surface area (Å²) < 4.78 is 18.0. The van der Waals surface area contributed by atoms with Crippen molar-refractivity contribution in [3.63, 3.8) is 0 Å². The number of morpholine rings is 1. The fourth-order valence-electron chi connectivity index (χ4n) is 2.55. The van der Waals surface area contributed by atoms with Crippen molar-refractivity contribution in [2.45, 2.75) is 20.0 Å². The summed E-state index contributed by atoms with van der Waals surface area (Å²) in [5.74, 6) is 1.54. The molecule has 0 saturated carbocycles. The summed E-state index contributed by atoms with van der Waals surface area (Å²) in [5, 5.41) is 3.35. The van der Waals surface area contributed by atoms with Crippen LogP contribution in [0.4, 0.5) is 0 Å². The van der Waals surface area contributed by atoms with E-state index in [1.54, 1.807) is 14.2 Å². The molecule has 1 saturated heterocycles. The first kappa shape index (κ1) is 14.6. The molecule has 0 amide bonds. The predicted molar refractivity (Wildman–Crippen MR) is 78.3 cm³/mol. The van der Waals surface area contributed by atoms with Crippen LogP contribution in [-0.4, -0.2) is 33.9 Å². The molecule has 1 aliphatic rings. The Balaban J connectivity index is 2.59. The molecular weight excluding hydrogens is 310 g/mol. The molecule has 1 aliphatic heterocycles. The fourth-order valence-corrected chi connectivity index (χ4v) is 2.94. The van der Waals surface area contributed by atoms with Gasteiger partial charge in [0, 0.05) is 28.7 Å². The van der Waals surface area contributed by atoms with Gasteiger partial charge in [-0.2, -0.15) is 0 Å². The quantitative estimate of drug-likeness (QED) is 0.925. The Hall–Kier alpha value is -0.780. The van der Waals surface area contributed by atoms with E-state index in [4.69, 9.17) is 14.2 Å². The molecule has 1 N–H and O–H groups in total. The van der Waals surface area contributed by atoms with Crippen molar-refractivity contribution >= 4 is 15.9 Å². The van der Waals surface area contributed by atoms with E-state index in [0.717, 1.165) is 45.8 Å². The monoisotopic (exact) mass is 329 g/mol. The first-order valence-electron chi connectivity index (χ1n) is 6.34. The molecule has 1 fully saturated rings. The Labute approximate surface area is 122 Å². The maximum Gasteiger partial charge on any atom is 0.167 e. The van der Waals surface area contributed by atoms with Gasteiger partial charge in [-0.05, 0) is 19.4 Å². The van der Waals surface area contributed by atoms with Gasteiger partial charge >= 0.3 is 0 Å². The van der Waals surface area contributed by atoms with Gasteiger partial charge in [0.05, 0.1) is 26.9 Å². The fraction of sp³-hybridized carbons (Fsp3) is 0.571. The second kappa shape index (κ2) is 6.11. The van der Waals surface area contributed by atoms with Crippen LogP contribution in [0.15, 0.2) is 4.47 Å². The summed E-state index contributed by atoms with van der Waals surface area (Å²) >= 11 is 3.64. The number of rotatable bonds is 3. The smallest absolute Gasteiger partial charge is 0.167 e. The maximum atomic E-state index is 5.86. The molecule has 2 rings (SSSR count). The number of methoxy groups -OCH3 is 2. The van der Waals surface area contributed by atoms with Crippen LogP contribution in [0.3, 0.4) is 0 Å². The second-order valence-electron chi connectivity index (χ2n) is 4.61. The van der Waals surface area contributed by atoms with Crippen molar-refractivity contribution in [2.75, 3.05) is 33.9 Å². The molecule has 1 aromatic rings. The molecule has 1 unspecified atom stereocenters. The lowest BCUT2D eigenvalue weighted by atomic mass is 9.97. The van der Waals surface area contributed by atoms with Crippen LogP contribution in [0.2, 0.25) is 0 Å². The van der Waals surface area contributed by atoms with Crippen molar-refractivity contribution in [3.8, 4) is 11.5 Å². The van der Waals surface area contributed by atoms with Crippen molar-refractivity contribution in [1.29, 1.82) is 0 Å². The Bertz CT molecular complexity index is 470. The zero-order valence-corrected chi connectivity index (χ0v) is 13.4. The van der Waals surface area contributed by atoms with Crippen LogP contribution < -0.4 is 14.8 Å². The highest BCUT2D eigenvalue weighted by molar-refractivity contribution is 9.10. The molecular formula is C14H20BrNO3. The molecule has 106 valence electrons. The van der Waals surface area contributed by atoms with Crippen LogP contribution >= 0.6 is 15.9 Å². The Kier molecular flexibility index (Phi) is 4.71. The van der Waals surface area contributed by atoms with E-state index >= 15 is 0 Å². The van der Waals surface area contributed by atoms with Gasteiger partial charge in [-0.15, -0.1) is 0 Å². The van der Waals surface area contributed by atoms with E-state index in [0.29, 0.717) is 6.61 Å². The van der Waals surface area contributed by atoms with E-state index < -0.39 is 0 Å². The predicted octanol–water partition coefficient (Wildman–Crippen LogP) is 2.74. The van der Waals surface area contributed by atoms with Gasteiger partial charge in [-0.1, -0.05) is 15.9 Å². The largest absolute Gasteiger partial charge is 0.493 e. The summed E-state index contributed by atoms with van der Waals surface area (Å²) in [6.07, 6.45) is -0.00509. The highest BCUT2D eigenvalue weighted by Crippen LogP contribution is 2.45. The van der Waals surface area contributed by atoms with Gasteiger partial charge in [0.15, 0.2) is 11.5 Å². The van der Waals surface area contributed by atoms with Crippen molar-refractivity contribution in [1.82, 2.24) is 5.32 Å². The third-order valence-electron chi connectivity index (χ3n) is 3.51. The van der Waals surface area contributed by atoms with Crippen molar-refractivity contribution < 1.29 is 14.2 Å². The molecule has 0 aromatic heterocycles. The third kappa shape index (κ3) is 2.59. The maximum absolute atomic E-state index is 5.86. The number of hydrogen-bond donors (Lipinski definition) is 1. The highest BCUT2D eigenvalue weighted by Gasteiger charge is 2.27. The van der Waals surface area contributed by atoms with Crippen molar-refractivity contribution in [2.24, 2.45) is 0 Å². The molecule has 5 heteroatoms. The van der Waals surface area contributed by atoms with Gasteiger partial charge in [-0.25, -0.2) is 0 Å². The van der Waals surface area contributed by atoms with Gasteiger partial charge in [0.25, 0.3) is 0 Å². The number of hydrogen-bond acceptors (Lipinski definition) is 4. The SMILES string of the molecule is COc1c(C)c(Br)c(C)c(C2CNCCO2)c1OC. The Morgan fingerprint density at radius 3 is 2.37 bits per heavy atom. The third-order valence-corrected chi connectivity index (χ3v) is 4.70. The highest BCUT2D eigenvalue weighted by atomic mass is 79.9. The van der Waals surface area contributed by atoms with Crippen LogP contribution in [0.1, 0.15) is 22.8 Å². The average Bonchev–Trinajstić information content (AvgIpc) is 2.45. The van der Waals surface area contributed by atoms with E-state index in [9.17, 15) is 0 Å². The standard InChI is InChI=1S/C14H20BrNO3/c1-8-11(10-7-16-5-6-19-10)14(18-4)13(17-3)9(2)12(8)15/h10,16H,5-7H2,1-4H3. The zero-order chi connectivity index (χ0) is 14.0. The summed E-state index contributed by atoms with van der Waals surface area (Å²) in [6.45, 7) is 6.48. The average molecular weight is 330 g/mol. The van der Waals surface area contributed by atoms with Gasteiger partial charge in [0.2, 0.25) is 0 Å². The minimum Gasteiger partial charge on any atom is -0.493 e. The van der Waals surface area contributed by atoms with E-state index in [1.807, 2.05) is 6.92 Å². The van der Waals surface area contributed by atoms with Crippen LogP contribution in [-0.2, 0) is 4.74 Å². The van der Waals surface area contributed by atoms with Crippen LogP contribution in [0.25, 0.3) is 0 Å². The van der Waals surface area contributed by atoms with E-state index in [2.05, 4.69) is 28.2 Å². The second-order valence-corrected chi connectivity index (χ2v) is 5.40. The lowest BCUT2D eigenvalue weighted by molar-refractivity contribution is 0.0256. The molecule has 1 heterocycles. The molecule has 0 aliphatic carbocycles.